The largest absolute Gasteiger partial charge is 0.463 e. The summed E-state index contributed by atoms with van der Waals surface area (Å²) in [7, 11) is 0. The van der Waals surface area contributed by atoms with Crippen molar-refractivity contribution in [2.24, 2.45) is 5.41 Å². The molecule has 218 valence electrons. The van der Waals surface area contributed by atoms with E-state index in [1.165, 1.54) is 5.56 Å². The summed E-state index contributed by atoms with van der Waals surface area (Å²) in [5.74, 6) is -0.221. The van der Waals surface area contributed by atoms with E-state index in [-0.39, 0.29) is 24.6 Å². The number of anilines is 1. The molecule has 1 aromatic carbocycles. The van der Waals surface area contributed by atoms with Crippen molar-refractivity contribution in [1.82, 2.24) is 9.88 Å². The number of hydrogen-bond donors (Lipinski definition) is 0. The third-order valence-electron chi connectivity index (χ3n) is 7.94. The van der Waals surface area contributed by atoms with Crippen LogP contribution >= 0.6 is 0 Å². The lowest BCUT2D eigenvalue weighted by molar-refractivity contribution is -0.146. The molecule has 0 unspecified atom stereocenters. The van der Waals surface area contributed by atoms with Gasteiger partial charge in [0.05, 0.1) is 18.2 Å². The van der Waals surface area contributed by atoms with Crippen molar-refractivity contribution in [3.05, 3.63) is 46.3 Å². The molecule has 7 heteroatoms. The monoisotopic (exact) mass is 549 g/mol. The number of carbonyl (C=O) groups excluding carboxylic acids is 2. The van der Waals surface area contributed by atoms with E-state index in [0.29, 0.717) is 18.5 Å². The molecule has 1 amide bonds. The molecular weight excluding hydrogens is 502 g/mol. The molecule has 40 heavy (non-hydrogen) atoms. The van der Waals surface area contributed by atoms with Crippen LogP contribution in [0.4, 0.5) is 10.5 Å². The van der Waals surface area contributed by atoms with E-state index in [1.54, 1.807) is 4.90 Å². The molecule has 2 aliphatic heterocycles. The average Bonchev–Trinajstić information content (AvgIpc) is 2.83. The molecule has 0 saturated carbocycles. The van der Waals surface area contributed by atoms with Crippen LogP contribution in [0.15, 0.2) is 18.2 Å². The van der Waals surface area contributed by atoms with Crippen LogP contribution in [0.25, 0.3) is 11.1 Å². The SMILES string of the molecule is Cc1nc(C)c(-c2ccc3c(c2)CCN(C(=O)OC(C)(C)C)C3)c(N2CCC(C)(C)CC2)c1CC(=O)OC(C)C. The Hall–Kier alpha value is -3.09. The number of piperidine rings is 1. The smallest absolute Gasteiger partial charge is 0.410 e. The van der Waals surface area contributed by atoms with Gasteiger partial charge in [0, 0.05) is 48.7 Å². The van der Waals surface area contributed by atoms with Gasteiger partial charge in [-0.15, -0.1) is 0 Å². The fourth-order valence-corrected chi connectivity index (χ4v) is 5.75. The first-order chi connectivity index (χ1) is 18.6. The first-order valence-electron chi connectivity index (χ1n) is 14.7. The summed E-state index contributed by atoms with van der Waals surface area (Å²) in [5.41, 5.74) is 8.28. The molecule has 0 aliphatic carbocycles. The van der Waals surface area contributed by atoms with Crippen LogP contribution in [0.3, 0.4) is 0 Å². The molecule has 2 aromatic rings. The zero-order chi connectivity index (χ0) is 29.4. The van der Waals surface area contributed by atoms with Crippen molar-refractivity contribution in [2.75, 3.05) is 24.5 Å². The molecule has 2 aliphatic rings. The number of esters is 1. The Labute approximate surface area is 240 Å². The van der Waals surface area contributed by atoms with Gasteiger partial charge in [0.1, 0.15) is 5.60 Å². The van der Waals surface area contributed by atoms with E-state index < -0.39 is 5.60 Å². The predicted molar refractivity (Wildman–Crippen MR) is 160 cm³/mol. The highest BCUT2D eigenvalue weighted by Gasteiger charge is 2.31. The first kappa shape index (κ1) is 29.9. The molecule has 0 radical (unpaired) electrons. The van der Waals surface area contributed by atoms with E-state index in [4.69, 9.17) is 14.5 Å². The molecule has 0 bridgehead atoms. The molecule has 0 atom stereocenters. The highest BCUT2D eigenvalue weighted by atomic mass is 16.6. The highest BCUT2D eigenvalue weighted by molar-refractivity contribution is 5.87. The summed E-state index contributed by atoms with van der Waals surface area (Å²) < 4.78 is 11.2. The maximum absolute atomic E-state index is 12.9. The van der Waals surface area contributed by atoms with Gasteiger partial charge in [0.15, 0.2) is 0 Å². The highest BCUT2D eigenvalue weighted by Crippen LogP contribution is 2.42. The second kappa shape index (κ2) is 11.4. The number of pyridine rings is 1. The number of nitrogens with zero attached hydrogens (tertiary/aromatic N) is 3. The predicted octanol–water partition coefficient (Wildman–Crippen LogP) is 6.78. The van der Waals surface area contributed by atoms with Gasteiger partial charge in [-0.1, -0.05) is 32.0 Å². The second-order valence-electron chi connectivity index (χ2n) is 13.5. The summed E-state index contributed by atoms with van der Waals surface area (Å²) in [4.78, 5) is 34.8. The molecule has 7 nitrogen and oxygen atoms in total. The Balaban J connectivity index is 1.74. The minimum atomic E-state index is -0.517. The molecule has 0 spiro atoms. The number of aromatic nitrogens is 1. The lowest BCUT2D eigenvalue weighted by Gasteiger charge is -2.40. The topological polar surface area (TPSA) is 72.0 Å². The van der Waals surface area contributed by atoms with Crippen molar-refractivity contribution in [3.8, 4) is 11.1 Å². The van der Waals surface area contributed by atoms with Crippen LogP contribution in [0.5, 0.6) is 0 Å². The number of hydrogen-bond acceptors (Lipinski definition) is 6. The van der Waals surface area contributed by atoms with E-state index in [1.807, 2.05) is 41.5 Å². The number of aryl methyl sites for hydroxylation is 2. The maximum atomic E-state index is 12.9. The molecule has 1 saturated heterocycles. The van der Waals surface area contributed by atoms with Gasteiger partial charge in [0.2, 0.25) is 0 Å². The van der Waals surface area contributed by atoms with E-state index in [9.17, 15) is 9.59 Å². The third kappa shape index (κ3) is 6.97. The van der Waals surface area contributed by atoms with Crippen molar-refractivity contribution in [2.45, 2.75) is 106 Å². The van der Waals surface area contributed by atoms with Gasteiger partial charge in [0.25, 0.3) is 0 Å². The van der Waals surface area contributed by atoms with E-state index in [0.717, 1.165) is 71.7 Å². The Morgan fingerprint density at radius 2 is 1.70 bits per heavy atom. The second-order valence-corrected chi connectivity index (χ2v) is 13.5. The summed E-state index contributed by atoms with van der Waals surface area (Å²) in [6.07, 6.45) is 2.72. The molecule has 0 N–H and O–H groups in total. The number of fused-ring (bicyclic) bond motifs is 1. The van der Waals surface area contributed by atoms with Crippen molar-refractivity contribution >= 4 is 17.7 Å². The van der Waals surface area contributed by atoms with Crippen LogP contribution in [-0.2, 0) is 33.7 Å². The van der Waals surface area contributed by atoms with Crippen LogP contribution in [0, 0.1) is 19.3 Å². The molecule has 1 aromatic heterocycles. The minimum absolute atomic E-state index is 0.161. The Morgan fingerprint density at radius 3 is 2.33 bits per heavy atom. The number of rotatable bonds is 5. The molecular formula is C33H47N3O4. The van der Waals surface area contributed by atoms with Crippen LogP contribution in [-0.4, -0.2) is 53.3 Å². The van der Waals surface area contributed by atoms with Crippen LogP contribution < -0.4 is 4.90 Å². The third-order valence-corrected chi connectivity index (χ3v) is 7.94. The molecule has 3 heterocycles. The Bertz CT molecular complexity index is 1270. The lowest BCUT2D eigenvalue weighted by Crippen LogP contribution is -2.39. The standard InChI is InChI=1S/C33H47N3O4/c1-21(2)39-28(37)19-27-22(3)34-23(4)29(30(27)35-16-13-33(8,9)14-17-35)25-10-11-26-20-36(15-12-24(26)18-25)31(38)40-32(5,6)7/h10-11,18,21H,12-17,19-20H2,1-9H3. The van der Waals surface area contributed by atoms with E-state index >= 15 is 0 Å². The Kier molecular flexibility index (Phi) is 8.53. The fraction of sp³-hybridized carbons (Fsp3) is 0.606. The fourth-order valence-electron chi connectivity index (χ4n) is 5.75. The van der Waals surface area contributed by atoms with Gasteiger partial charge in [-0.3, -0.25) is 9.78 Å². The Morgan fingerprint density at radius 1 is 1.02 bits per heavy atom. The first-order valence-corrected chi connectivity index (χ1v) is 14.7. The molecule has 1 fully saturated rings. The van der Waals surface area contributed by atoms with Crippen molar-refractivity contribution < 1.29 is 19.1 Å². The van der Waals surface area contributed by atoms with Crippen LogP contribution in [0.1, 0.15) is 89.4 Å². The zero-order valence-electron chi connectivity index (χ0n) is 25.9. The summed E-state index contributed by atoms with van der Waals surface area (Å²) in [6, 6.07) is 6.54. The average molecular weight is 550 g/mol. The number of benzene rings is 1. The van der Waals surface area contributed by atoms with Gasteiger partial charge in [-0.05, 0) is 89.8 Å². The van der Waals surface area contributed by atoms with Gasteiger partial charge < -0.3 is 19.3 Å². The van der Waals surface area contributed by atoms with Gasteiger partial charge >= 0.3 is 12.1 Å². The van der Waals surface area contributed by atoms with Crippen molar-refractivity contribution in [1.29, 1.82) is 0 Å². The number of ether oxygens (including phenoxy) is 2. The minimum Gasteiger partial charge on any atom is -0.463 e. The summed E-state index contributed by atoms with van der Waals surface area (Å²) in [6.45, 7) is 21.2. The van der Waals surface area contributed by atoms with E-state index in [2.05, 4.69) is 43.9 Å². The van der Waals surface area contributed by atoms with Gasteiger partial charge in [-0.25, -0.2) is 4.79 Å². The maximum Gasteiger partial charge on any atom is 0.410 e. The van der Waals surface area contributed by atoms with Crippen molar-refractivity contribution in [3.63, 3.8) is 0 Å². The normalized spacial score (nSPS) is 17.1. The summed E-state index contributed by atoms with van der Waals surface area (Å²) >= 11 is 0. The summed E-state index contributed by atoms with van der Waals surface area (Å²) in [5, 5.41) is 0. The quantitative estimate of drug-likeness (QED) is 0.383. The molecule has 4 rings (SSSR count). The van der Waals surface area contributed by atoms with Gasteiger partial charge in [-0.2, -0.15) is 0 Å². The zero-order valence-corrected chi connectivity index (χ0v) is 25.9. The lowest BCUT2D eigenvalue weighted by atomic mass is 9.82. The number of carbonyl (C=O) groups is 2. The number of amides is 1. The van der Waals surface area contributed by atoms with Crippen LogP contribution in [0.2, 0.25) is 0 Å².